The number of carbonyl (C=O) groups is 2. The van der Waals surface area contributed by atoms with Crippen molar-refractivity contribution < 1.29 is 18.7 Å². The smallest absolute Gasteiger partial charge is 0.374 e. The molecular weight excluding hydrogens is 364 g/mol. The van der Waals surface area contributed by atoms with Crippen molar-refractivity contribution in [2.75, 3.05) is 6.61 Å². The van der Waals surface area contributed by atoms with Gasteiger partial charge in [-0.3, -0.25) is 4.79 Å². The van der Waals surface area contributed by atoms with Gasteiger partial charge in [0.2, 0.25) is 5.76 Å². The van der Waals surface area contributed by atoms with E-state index in [1.807, 2.05) is 52.0 Å². The molecule has 142 valence electrons. The molecule has 0 aliphatic heterocycles. The third-order valence-electron chi connectivity index (χ3n) is 4.04. The number of amides is 1. The number of esters is 1. The van der Waals surface area contributed by atoms with Crippen molar-refractivity contribution in [2.45, 2.75) is 39.8 Å². The van der Waals surface area contributed by atoms with Gasteiger partial charge in [0.25, 0.3) is 5.91 Å². The van der Waals surface area contributed by atoms with E-state index in [0.29, 0.717) is 10.8 Å². The number of hydrogen-bond acceptors (Lipinski definition) is 6. The summed E-state index contributed by atoms with van der Waals surface area (Å²) in [7, 11) is 0. The number of benzene rings is 1. The Balaban J connectivity index is 1.67. The van der Waals surface area contributed by atoms with Crippen molar-refractivity contribution in [3.8, 4) is 10.8 Å². The summed E-state index contributed by atoms with van der Waals surface area (Å²) in [5.41, 5.74) is 0.881. The molecule has 0 aliphatic carbocycles. The highest BCUT2D eigenvalue weighted by Crippen LogP contribution is 2.31. The van der Waals surface area contributed by atoms with Crippen LogP contribution >= 0.6 is 11.3 Å². The zero-order valence-electron chi connectivity index (χ0n) is 15.8. The molecule has 0 spiro atoms. The minimum atomic E-state index is -0.664. The first-order valence-electron chi connectivity index (χ1n) is 8.81. The van der Waals surface area contributed by atoms with Crippen molar-refractivity contribution in [1.29, 1.82) is 0 Å². The molecule has 0 atom stereocenters. The van der Waals surface area contributed by atoms with Gasteiger partial charge in [-0.2, -0.15) is 0 Å². The molecule has 1 amide bonds. The maximum Gasteiger partial charge on any atom is 0.374 e. The first-order valence-corrected chi connectivity index (χ1v) is 9.62. The Labute approximate surface area is 161 Å². The summed E-state index contributed by atoms with van der Waals surface area (Å²) in [4.78, 5) is 30.7. The fraction of sp³-hybridized carbons (Fsp3) is 0.350. The number of carbonyl (C=O) groups excluding carboxylic acids is 2. The van der Waals surface area contributed by atoms with E-state index >= 15 is 0 Å². The molecule has 0 saturated heterocycles. The van der Waals surface area contributed by atoms with E-state index < -0.39 is 5.97 Å². The Hall–Kier alpha value is -2.67. The number of furan rings is 1. The van der Waals surface area contributed by atoms with Crippen LogP contribution in [0.2, 0.25) is 0 Å². The lowest BCUT2D eigenvalue weighted by molar-refractivity contribution is -0.138. The van der Waals surface area contributed by atoms with E-state index in [1.165, 1.54) is 17.4 Å². The van der Waals surface area contributed by atoms with Crippen molar-refractivity contribution in [3.63, 3.8) is 0 Å². The van der Waals surface area contributed by atoms with Gasteiger partial charge in [0.15, 0.2) is 17.4 Å². The lowest BCUT2D eigenvalue weighted by atomic mass is 10.2. The molecule has 6 nitrogen and oxygen atoms in total. The van der Waals surface area contributed by atoms with E-state index in [4.69, 9.17) is 9.15 Å². The van der Waals surface area contributed by atoms with Crippen molar-refractivity contribution in [2.24, 2.45) is 0 Å². The Morgan fingerprint density at radius 3 is 2.48 bits per heavy atom. The predicted octanol–water partition coefficient (Wildman–Crippen LogP) is 4.36. The maximum atomic E-state index is 12.3. The van der Waals surface area contributed by atoms with Gasteiger partial charge in [-0.25, -0.2) is 9.78 Å². The number of nitrogens with zero attached hydrogens (tertiary/aromatic N) is 2. The van der Waals surface area contributed by atoms with Crippen LogP contribution in [0.25, 0.3) is 21.0 Å². The molecule has 7 heteroatoms. The molecule has 27 heavy (non-hydrogen) atoms. The highest BCUT2D eigenvalue weighted by Gasteiger charge is 2.23. The second kappa shape index (κ2) is 7.92. The second-order valence-electron chi connectivity index (χ2n) is 6.72. The SMILES string of the molecule is CC(C)N(C(=O)COC(=O)c1ccc(-c2nc3ccccc3s2)o1)C(C)C. The molecule has 1 aromatic carbocycles. The predicted molar refractivity (Wildman–Crippen MR) is 105 cm³/mol. The van der Waals surface area contributed by atoms with Crippen LogP contribution in [0.4, 0.5) is 0 Å². The first kappa shape index (κ1) is 19.1. The molecule has 0 fully saturated rings. The number of rotatable bonds is 6. The fourth-order valence-corrected chi connectivity index (χ4v) is 3.91. The van der Waals surface area contributed by atoms with Gasteiger partial charge >= 0.3 is 5.97 Å². The summed E-state index contributed by atoms with van der Waals surface area (Å²) in [6, 6.07) is 11.1. The third kappa shape index (κ3) is 4.19. The molecule has 0 unspecified atom stereocenters. The van der Waals surface area contributed by atoms with Crippen LogP contribution in [0, 0.1) is 0 Å². The molecule has 0 aliphatic rings. The van der Waals surface area contributed by atoms with Gasteiger partial charge in [0.1, 0.15) is 0 Å². The lowest BCUT2D eigenvalue weighted by Crippen LogP contribution is -2.44. The zero-order valence-corrected chi connectivity index (χ0v) is 16.6. The summed E-state index contributed by atoms with van der Waals surface area (Å²) in [5.74, 6) is -0.340. The van der Waals surface area contributed by atoms with Gasteiger partial charge in [-0.05, 0) is 52.0 Å². The summed E-state index contributed by atoms with van der Waals surface area (Å²) in [5, 5.41) is 0.692. The van der Waals surface area contributed by atoms with Gasteiger partial charge in [0, 0.05) is 12.1 Å². The molecule has 0 N–H and O–H groups in total. The first-order chi connectivity index (χ1) is 12.9. The third-order valence-corrected chi connectivity index (χ3v) is 5.09. The topological polar surface area (TPSA) is 72.6 Å². The summed E-state index contributed by atoms with van der Waals surface area (Å²) in [6.07, 6.45) is 0. The van der Waals surface area contributed by atoms with Crippen LogP contribution in [0.1, 0.15) is 38.2 Å². The van der Waals surface area contributed by atoms with E-state index in [1.54, 1.807) is 11.0 Å². The summed E-state index contributed by atoms with van der Waals surface area (Å²) in [6.45, 7) is 7.40. The number of para-hydroxylation sites is 1. The largest absolute Gasteiger partial charge is 0.450 e. The molecular formula is C20H22N2O4S. The van der Waals surface area contributed by atoms with Crippen LogP contribution in [0.3, 0.4) is 0 Å². The minimum Gasteiger partial charge on any atom is -0.450 e. The Morgan fingerprint density at radius 1 is 1.11 bits per heavy atom. The maximum absolute atomic E-state index is 12.3. The molecule has 3 rings (SSSR count). The van der Waals surface area contributed by atoms with Crippen LogP contribution in [0.5, 0.6) is 0 Å². The molecule has 0 saturated carbocycles. The molecule has 2 heterocycles. The van der Waals surface area contributed by atoms with E-state index in [0.717, 1.165) is 10.2 Å². The normalized spacial score (nSPS) is 11.3. The molecule has 2 aromatic heterocycles. The Morgan fingerprint density at radius 2 is 1.81 bits per heavy atom. The van der Waals surface area contributed by atoms with E-state index in [-0.39, 0.29) is 30.4 Å². The molecule has 0 radical (unpaired) electrons. The lowest BCUT2D eigenvalue weighted by Gasteiger charge is -2.30. The molecule has 3 aromatic rings. The van der Waals surface area contributed by atoms with Gasteiger partial charge in [-0.1, -0.05) is 12.1 Å². The number of thiazole rings is 1. The Bertz CT molecular complexity index is 917. The minimum absolute atomic E-state index is 0.0328. The zero-order chi connectivity index (χ0) is 19.6. The summed E-state index contributed by atoms with van der Waals surface area (Å²) < 4.78 is 11.8. The standard InChI is InChI=1S/C20H22N2O4S/c1-12(2)22(13(3)4)18(23)11-25-20(24)16-10-9-15(26-16)19-21-14-7-5-6-8-17(14)27-19/h5-10,12-13H,11H2,1-4H3. The quantitative estimate of drug-likeness (QED) is 0.589. The molecule has 0 bridgehead atoms. The van der Waals surface area contributed by atoms with Crippen LogP contribution in [0.15, 0.2) is 40.8 Å². The van der Waals surface area contributed by atoms with Crippen LogP contribution in [-0.2, 0) is 9.53 Å². The van der Waals surface area contributed by atoms with Crippen LogP contribution in [-0.4, -0.2) is 40.5 Å². The number of aromatic nitrogens is 1. The number of fused-ring (bicyclic) bond motifs is 1. The Kier molecular flexibility index (Phi) is 5.60. The van der Waals surface area contributed by atoms with Gasteiger partial charge in [0.05, 0.1) is 10.2 Å². The summed E-state index contributed by atoms with van der Waals surface area (Å²) >= 11 is 1.49. The average Bonchev–Trinajstić information content (AvgIpc) is 3.25. The monoisotopic (exact) mass is 386 g/mol. The van der Waals surface area contributed by atoms with Crippen molar-refractivity contribution in [3.05, 3.63) is 42.2 Å². The van der Waals surface area contributed by atoms with Crippen molar-refractivity contribution >= 4 is 33.4 Å². The van der Waals surface area contributed by atoms with E-state index in [9.17, 15) is 9.59 Å². The number of hydrogen-bond donors (Lipinski definition) is 0. The fourth-order valence-electron chi connectivity index (χ4n) is 2.99. The highest BCUT2D eigenvalue weighted by molar-refractivity contribution is 7.21. The second-order valence-corrected chi connectivity index (χ2v) is 7.75. The average molecular weight is 386 g/mol. The van der Waals surface area contributed by atoms with Crippen LogP contribution < -0.4 is 0 Å². The van der Waals surface area contributed by atoms with E-state index in [2.05, 4.69) is 4.98 Å². The number of ether oxygens (including phenoxy) is 1. The highest BCUT2D eigenvalue weighted by atomic mass is 32.1. The van der Waals surface area contributed by atoms with Gasteiger partial charge < -0.3 is 14.1 Å². The van der Waals surface area contributed by atoms with Crippen molar-refractivity contribution in [1.82, 2.24) is 9.88 Å². The van der Waals surface area contributed by atoms with Gasteiger partial charge in [-0.15, -0.1) is 11.3 Å².